The largest absolute Gasteiger partial charge is 0.497 e. The molecule has 0 aliphatic heterocycles. The summed E-state index contributed by atoms with van der Waals surface area (Å²) in [5, 5.41) is 3.01. The van der Waals surface area contributed by atoms with Gasteiger partial charge in [0.2, 0.25) is 5.91 Å². The molecule has 0 radical (unpaired) electrons. The number of nitrogens with one attached hydrogen (secondary N) is 1. The quantitative estimate of drug-likeness (QED) is 0.587. The van der Waals surface area contributed by atoms with Crippen molar-refractivity contribution in [2.45, 2.75) is 59.2 Å². The van der Waals surface area contributed by atoms with Crippen LogP contribution in [0.2, 0.25) is 0 Å². The van der Waals surface area contributed by atoms with Crippen molar-refractivity contribution < 1.29 is 19.1 Å². The SMILES string of the molecule is CCC(C)NC(=O)C(CC)N(Cc1cccc(OC)c1)C(=O)COc1ccc(C)cc1. The van der Waals surface area contributed by atoms with Crippen molar-refractivity contribution in [3.63, 3.8) is 0 Å². The first-order valence-corrected chi connectivity index (χ1v) is 10.8. The van der Waals surface area contributed by atoms with Gasteiger partial charge in [-0.25, -0.2) is 0 Å². The summed E-state index contributed by atoms with van der Waals surface area (Å²) in [6.45, 7) is 8.03. The Morgan fingerprint density at radius 2 is 1.74 bits per heavy atom. The third-order valence-corrected chi connectivity index (χ3v) is 5.26. The Morgan fingerprint density at radius 3 is 2.35 bits per heavy atom. The number of hydrogen-bond donors (Lipinski definition) is 1. The maximum atomic E-state index is 13.2. The minimum Gasteiger partial charge on any atom is -0.497 e. The number of amides is 2. The van der Waals surface area contributed by atoms with Crippen molar-refractivity contribution in [2.75, 3.05) is 13.7 Å². The van der Waals surface area contributed by atoms with E-state index >= 15 is 0 Å². The molecule has 0 saturated carbocycles. The van der Waals surface area contributed by atoms with Gasteiger partial charge in [0.25, 0.3) is 5.91 Å². The molecular weight excluding hydrogens is 392 g/mol. The van der Waals surface area contributed by atoms with Crippen LogP contribution >= 0.6 is 0 Å². The van der Waals surface area contributed by atoms with Crippen LogP contribution in [0.5, 0.6) is 11.5 Å². The van der Waals surface area contributed by atoms with Crippen molar-refractivity contribution >= 4 is 11.8 Å². The zero-order chi connectivity index (χ0) is 22.8. The maximum Gasteiger partial charge on any atom is 0.261 e. The first-order valence-electron chi connectivity index (χ1n) is 10.8. The minimum absolute atomic E-state index is 0.0409. The molecule has 0 saturated heterocycles. The number of methoxy groups -OCH3 is 1. The predicted molar refractivity (Wildman–Crippen MR) is 122 cm³/mol. The zero-order valence-electron chi connectivity index (χ0n) is 19.2. The smallest absolute Gasteiger partial charge is 0.261 e. The molecule has 2 aromatic carbocycles. The van der Waals surface area contributed by atoms with Crippen molar-refractivity contribution in [2.24, 2.45) is 0 Å². The molecule has 0 bridgehead atoms. The summed E-state index contributed by atoms with van der Waals surface area (Å²) in [7, 11) is 1.60. The summed E-state index contributed by atoms with van der Waals surface area (Å²) >= 11 is 0. The van der Waals surface area contributed by atoms with E-state index in [0.29, 0.717) is 24.5 Å². The monoisotopic (exact) mass is 426 g/mol. The number of carbonyl (C=O) groups is 2. The minimum atomic E-state index is -0.589. The first-order chi connectivity index (χ1) is 14.9. The highest BCUT2D eigenvalue weighted by atomic mass is 16.5. The van der Waals surface area contributed by atoms with Gasteiger partial charge >= 0.3 is 0 Å². The topological polar surface area (TPSA) is 67.9 Å². The lowest BCUT2D eigenvalue weighted by molar-refractivity contribution is -0.143. The number of aryl methyl sites for hydroxylation is 1. The van der Waals surface area contributed by atoms with Crippen molar-refractivity contribution in [3.05, 3.63) is 59.7 Å². The highest BCUT2D eigenvalue weighted by molar-refractivity contribution is 5.88. The van der Waals surface area contributed by atoms with Gasteiger partial charge in [-0.2, -0.15) is 0 Å². The average Bonchev–Trinajstić information content (AvgIpc) is 2.78. The van der Waals surface area contributed by atoms with Crippen molar-refractivity contribution in [3.8, 4) is 11.5 Å². The van der Waals surface area contributed by atoms with Crippen LogP contribution in [0.4, 0.5) is 0 Å². The number of rotatable bonds is 11. The summed E-state index contributed by atoms with van der Waals surface area (Å²) in [4.78, 5) is 27.7. The number of hydrogen-bond acceptors (Lipinski definition) is 4. The Hall–Kier alpha value is -3.02. The van der Waals surface area contributed by atoms with E-state index in [1.165, 1.54) is 0 Å². The molecule has 2 amide bonds. The second-order valence-electron chi connectivity index (χ2n) is 7.72. The molecule has 0 aliphatic carbocycles. The molecule has 6 nitrogen and oxygen atoms in total. The highest BCUT2D eigenvalue weighted by Gasteiger charge is 2.29. The highest BCUT2D eigenvalue weighted by Crippen LogP contribution is 2.18. The average molecular weight is 427 g/mol. The van der Waals surface area contributed by atoms with Gasteiger partial charge in [0.05, 0.1) is 7.11 Å². The van der Waals surface area contributed by atoms with E-state index < -0.39 is 6.04 Å². The molecule has 2 aromatic rings. The van der Waals surface area contributed by atoms with Crippen LogP contribution in [-0.4, -0.2) is 42.5 Å². The summed E-state index contributed by atoms with van der Waals surface area (Å²) in [5.41, 5.74) is 2.00. The summed E-state index contributed by atoms with van der Waals surface area (Å²) in [5.74, 6) is 0.938. The summed E-state index contributed by atoms with van der Waals surface area (Å²) < 4.78 is 11.0. The number of benzene rings is 2. The van der Waals surface area contributed by atoms with E-state index in [1.807, 2.05) is 76.2 Å². The Kier molecular flexibility index (Phi) is 9.38. The van der Waals surface area contributed by atoms with Gasteiger partial charge in [0, 0.05) is 12.6 Å². The van der Waals surface area contributed by atoms with Gasteiger partial charge in [0.1, 0.15) is 17.5 Å². The molecule has 2 rings (SSSR count). The molecular formula is C25H34N2O4. The Balaban J connectivity index is 2.22. The molecule has 2 atom stereocenters. The molecule has 1 N–H and O–H groups in total. The number of carbonyl (C=O) groups excluding carboxylic acids is 2. The van der Waals surface area contributed by atoms with Crippen LogP contribution in [-0.2, 0) is 16.1 Å². The maximum absolute atomic E-state index is 13.2. The van der Waals surface area contributed by atoms with E-state index in [1.54, 1.807) is 12.0 Å². The molecule has 2 unspecified atom stereocenters. The molecule has 0 aliphatic rings. The zero-order valence-corrected chi connectivity index (χ0v) is 19.2. The third kappa shape index (κ3) is 7.31. The molecule has 168 valence electrons. The number of nitrogens with zero attached hydrogens (tertiary/aromatic N) is 1. The van der Waals surface area contributed by atoms with Gasteiger partial charge in [-0.1, -0.05) is 43.7 Å². The Labute approximate surface area is 185 Å². The molecule has 0 heterocycles. The van der Waals surface area contributed by atoms with E-state index in [-0.39, 0.29) is 24.5 Å². The van der Waals surface area contributed by atoms with E-state index in [4.69, 9.17) is 9.47 Å². The summed E-state index contributed by atoms with van der Waals surface area (Å²) in [6, 6.07) is 14.5. The van der Waals surface area contributed by atoms with E-state index in [2.05, 4.69) is 5.32 Å². The van der Waals surface area contributed by atoms with Crippen LogP contribution in [0.1, 0.15) is 44.7 Å². The van der Waals surface area contributed by atoms with Gasteiger partial charge in [-0.05, 0) is 56.5 Å². The second kappa shape index (κ2) is 12.0. The number of ether oxygens (including phenoxy) is 2. The van der Waals surface area contributed by atoms with E-state index in [9.17, 15) is 9.59 Å². The Bertz CT molecular complexity index is 851. The lowest BCUT2D eigenvalue weighted by atomic mass is 10.1. The molecule has 0 fully saturated rings. The standard InChI is InChI=1S/C25H34N2O4/c1-6-19(4)26-25(29)23(7-2)27(16-20-9-8-10-22(15-20)30-5)24(28)17-31-21-13-11-18(3)12-14-21/h8-15,19,23H,6-7,16-17H2,1-5H3,(H,26,29). The van der Waals surface area contributed by atoms with Crippen molar-refractivity contribution in [1.82, 2.24) is 10.2 Å². The van der Waals surface area contributed by atoms with Crippen LogP contribution < -0.4 is 14.8 Å². The molecule has 6 heteroatoms. The lowest BCUT2D eigenvalue weighted by Crippen LogP contribution is -2.51. The molecule has 31 heavy (non-hydrogen) atoms. The van der Waals surface area contributed by atoms with Crippen LogP contribution in [0.3, 0.4) is 0 Å². The van der Waals surface area contributed by atoms with Gasteiger partial charge < -0.3 is 19.7 Å². The fourth-order valence-electron chi connectivity index (χ4n) is 3.19. The van der Waals surface area contributed by atoms with Gasteiger partial charge in [-0.3, -0.25) is 9.59 Å². The molecule has 0 aromatic heterocycles. The first kappa shape index (κ1) is 24.3. The van der Waals surface area contributed by atoms with Crippen LogP contribution in [0.25, 0.3) is 0 Å². The predicted octanol–water partition coefficient (Wildman–Crippen LogP) is 4.10. The van der Waals surface area contributed by atoms with Gasteiger partial charge in [0.15, 0.2) is 6.61 Å². The normalized spacial score (nSPS) is 12.5. The fraction of sp³-hybridized carbons (Fsp3) is 0.440. The van der Waals surface area contributed by atoms with Gasteiger partial charge in [-0.15, -0.1) is 0 Å². The van der Waals surface area contributed by atoms with Crippen LogP contribution in [0.15, 0.2) is 48.5 Å². The Morgan fingerprint density at radius 1 is 1.03 bits per heavy atom. The molecule has 0 spiro atoms. The fourth-order valence-corrected chi connectivity index (χ4v) is 3.19. The lowest BCUT2D eigenvalue weighted by Gasteiger charge is -2.31. The second-order valence-corrected chi connectivity index (χ2v) is 7.72. The summed E-state index contributed by atoms with van der Waals surface area (Å²) in [6.07, 6.45) is 1.32. The van der Waals surface area contributed by atoms with Crippen LogP contribution in [0, 0.1) is 6.92 Å². The third-order valence-electron chi connectivity index (χ3n) is 5.26. The van der Waals surface area contributed by atoms with E-state index in [0.717, 1.165) is 17.5 Å². The van der Waals surface area contributed by atoms with Crippen molar-refractivity contribution in [1.29, 1.82) is 0 Å².